The molecular formula is C7H9N3P2. The van der Waals surface area contributed by atoms with Gasteiger partial charge in [-0.15, -0.1) is 0 Å². The first-order chi connectivity index (χ1) is 5.68. The summed E-state index contributed by atoms with van der Waals surface area (Å²) in [6, 6.07) is 0. The van der Waals surface area contributed by atoms with E-state index < -0.39 is 0 Å². The zero-order valence-electron chi connectivity index (χ0n) is 6.65. The maximum atomic E-state index is 4.28. The van der Waals surface area contributed by atoms with Gasteiger partial charge in [-0.1, -0.05) is 18.5 Å². The van der Waals surface area contributed by atoms with Gasteiger partial charge in [0.05, 0.1) is 22.6 Å². The number of hydrogen-bond acceptors (Lipinski definition) is 2. The fraction of sp³-hybridized carbons (Fsp3) is 0.143. The van der Waals surface area contributed by atoms with E-state index in [-0.39, 0.29) is 0 Å². The van der Waals surface area contributed by atoms with Gasteiger partial charge in [-0.3, -0.25) is 4.40 Å². The Bertz CT molecular complexity index is 435. The largest absolute Gasteiger partial charge is 0.300 e. The lowest BCUT2D eigenvalue weighted by Crippen LogP contribution is -2.13. The first-order valence-electron chi connectivity index (χ1n) is 3.54. The minimum Gasteiger partial charge on any atom is -0.300 e. The molecule has 2 aromatic rings. The molecule has 2 heterocycles. The molecule has 2 unspecified atom stereocenters. The van der Waals surface area contributed by atoms with Gasteiger partial charge in [0, 0.05) is 6.20 Å². The number of hydrogen-bond donors (Lipinski definition) is 0. The zero-order chi connectivity index (χ0) is 8.72. The van der Waals surface area contributed by atoms with Crippen molar-refractivity contribution in [2.24, 2.45) is 0 Å². The van der Waals surface area contributed by atoms with Crippen molar-refractivity contribution >= 4 is 34.9 Å². The van der Waals surface area contributed by atoms with Gasteiger partial charge in [0.1, 0.15) is 5.82 Å². The fourth-order valence-corrected chi connectivity index (χ4v) is 1.96. The summed E-state index contributed by atoms with van der Waals surface area (Å²) in [5.41, 5.74) is 2.90. The molecule has 0 spiro atoms. The average molecular weight is 197 g/mol. The number of aryl methyl sites for hydroxylation is 1. The predicted octanol–water partition coefficient (Wildman–Crippen LogP) is 0.0385. The standard InChI is InChI=1S/C7H9N3P2/c1-4-8-2-5-7(12)9-6(11)3-10(4)5/h2-3H,11-12H2,1H3. The smallest absolute Gasteiger partial charge is 0.110 e. The molecule has 0 aliphatic heterocycles. The van der Waals surface area contributed by atoms with Crippen LogP contribution in [0.15, 0.2) is 12.4 Å². The summed E-state index contributed by atoms with van der Waals surface area (Å²) in [5.74, 6) is 0.986. The molecule has 12 heavy (non-hydrogen) atoms. The molecule has 3 nitrogen and oxygen atoms in total. The highest BCUT2D eigenvalue weighted by molar-refractivity contribution is 7.29. The lowest BCUT2D eigenvalue weighted by molar-refractivity contribution is 1.04. The molecular weight excluding hydrogens is 188 g/mol. The van der Waals surface area contributed by atoms with E-state index in [9.17, 15) is 0 Å². The summed E-state index contributed by atoms with van der Waals surface area (Å²) in [4.78, 5) is 8.48. The summed E-state index contributed by atoms with van der Waals surface area (Å²) in [6.45, 7) is 1.97. The topological polar surface area (TPSA) is 30.2 Å². The van der Waals surface area contributed by atoms with E-state index >= 15 is 0 Å². The Labute approximate surface area is 75.0 Å². The number of imidazole rings is 1. The highest BCUT2D eigenvalue weighted by Crippen LogP contribution is 2.03. The molecule has 5 heteroatoms. The van der Waals surface area contributed by atoms with Gasteiger partial charge in [-0.05, 0) is 6.92 Å². The Balaban J connectivity index is 2.92. The normalized spacial score (nSPS) is 10.9. The minimum absolute atomic E-state index is 0.925. The number of rotatable bonds is 0. The molecule has 0 saturated carbocycles. The molecule has 2 rings (SSSR count). The van der Waals surface area contributed by atoms with Crippen LogP contribution in [0.4, 0.5) is 0 Å². The highest BCUT2D eigenvalue weighted by atomic mass is 31.0. The number of nitrogens with zero attached hydrogens (tertiary/aromatic N) is 3. The summed E-state index contributed by atoms with van der Waals surface area (Å²) < 4.78 is 2.03. The van der Waals surface area contributed by atoms with Crippen LogP contribution in [0.25, 0.3) is 5.52 Å². The summed E-state index contributed by atoms with van der Waals surface area (Å²) >= 11 is 0. The van der Waals surface area contributed by atoms with Crippen molar-refractivity contribution in [1.82, 2.24) is 14.4 Å². The molecule has 0 aromatic carbocycles. The SMILES string of the molecule is Cc1ncc2c(P)nc(P)cn12. The molecule has 0 radical (unpaired) electrons. The van der Waals surface area contributed by atoms with E-state index in [1.54, 1.807) is 0 Å². The summed E-state index contributed by atoms with van der Waals surface area (Å²) in [7, 11) is 5.18. The Morgan fingerprint density at radius 3 is 2.92 bits per heavy atom. The zero-order valence-corrected chi connectivity index (χ0v) is 8.96. The van der Waals surface area contributed by atoms with Crippen molar-refractivity contribution in [3.05, 3.63) is 18.2 Å². The molecule has 2 atom stereocenters. The minimum atomic E-state index is 0.925. The van der Waals surface area contributed by atoms with E-state index in [0.29, 0.717) is 0 Å². The van der Waals surface area contributed by atoms with E-state index in [1.165, 1.54) is 0 Å². The lowest BCUT2D eigenvalue weighted by atomic mass is 10.6. The van der Waals surface area contributed by atoms with Crippen LogP contribution in [0.3, 0.4) is 0 Å². The van der Waals surface area contributed by atoms with E-state index in [2.05, 4.69) is 28.4 Å². The first kappa shape index (κ1) is 8.10. The van der Waals surface area contributed by atoms with Gasteiger partial charge in [0.25, 0.3) is 0 Å². The van der Waals surface area contributed by atoms with Crippen LogP contribution in [0.5, 0.6) is 0 Å². The average Bonchev–Trinajstić information content (AvgIpc) is 2.33. The lowest BCUT2D eigenvalue weighted by Gasteiger charge is -2.00. The van der Waals surface area contributed by atoms with Crippen LogP contribution < -0.4 is 10.9 Å². The van der Waals surface area contributed by atoms with Crippen molar-refractivity contribution in [3.8, 4) is 0 Å². The highest BCUT2D eigenvalue weighted by Gasteiger charge is 2.02. The third-order valence-corrected chi connectivity index (χ3v) is 2.46. The molecule has 0 N–H and O–H groups in total. The molecule has 0 aliphatic rings. The van der Waals surface area contributed by atoms with Gasteiger partial charge in [0.15, 0.2) is 0 Å². The molecule has 0 amide bonds. The third-order valence-electron chi connectivity index (χ3n) is 1.76. The maximum absolute atomic E-state index is 4.28. The van der Waals surface area contributed by atoms with Crippen molar-refractivity contribution in [3.63, 3.8) is 0 Å². The fourth-order valence-electron chi connectivity index (χ4n) is 1.16. The summed E-state index contributed by atoms with van der Waals surface area (Å²) in [5, 5.41) is 0. The first-order valence-corrected chi connectivity index (χ1v) is 4.69. The van der Waals surface area contributed by atoms with Crippen molar-refractivity contribution in [1.29, 1.82) is 0 Å². The van der Waals surface area contributed by atoms with Gasteiger partial charge in [-0.25, -0.2) is 9.97 Å². The second kappa shape index (κ2) is 2.76. The Kier molecular flexibility index (Phi) is 1.86. The molecule has 0 fully saturated rings. The van der Waals surface area contributed by atoms with Crippen molar-refractivity contribution < 1.29 is 0 Å². The van der Waals surface area contributed by atoms with Crippen LogP contribution in [0.2, 0.25) is 0 Å². The third kappa shape index (κ3) is 1.14. The second-order valence-corrected chi connectivity index (χ2v) is 3.75. The molecule has 0 saturated heterocycles. The van der Waals surface area contributed by atoms with Gasteiger partial charge in [0.2, 0.25) is 0 Å². The van der Waals surface area contributed by atoms with Crippen molar-refractivity contribution in [2.45, 2.75) is 6.92 Å². The van der Waals surface area contributed by atoms with Crippen LogP contribution in [0.1, 0.15) is 5.82 Å². The van der Waals surface area contributed by atoms with Crippen LogP contribution >= 0.6 is 18.5 Å². The van der Waals surface area contributed by atoms with Gasteiger partial charge < -0.3 is 0 Å². The number of fused-ring (bicyclic) bond motifs is 1. The number of aromatic nitrogens is 3. The monoisotopic (exact) mass is 197 g/mol. The van der Waals surface area contributed by atoms with E-state index in [0.717, 1.165) is 22.2 Å². The quantitative estimate of drug-likeness (QED) is 0.558. The van der Waals surface area contributed by atoms with E-state index in [1.807, 2.05) is 23.7 Å². The Hall–Kier alpha value is -0.520. The van der Waals surface area contributed by atoms with Gasteiger partial charge in [-0.2, -0.15) is 0 Å². The van der Waals surface area contributed by atoms with Gasteiger partial charge >= 0.3 is 0 Å². The second-order valence-electron chi connectivity index (χ2n) is 2.61. The van der Waals surface area contributed by atoms with Crippen LogP contribution in [-0.4, -0.2) is 14.4 Å². The Morgan fingerprint density at radius 2 is 2.17 bits per heavy atom. The van der Waals surface area contributed by atoms with E-state index in [4.69, 9.17) is 0 Å². The van der Waals surface area contributed by atoms with Crippen LogP contribution in [0, 0.1) is 6.92 Å². The predicted molar refractivity (Wildman–Crippen MR) is 56.4 cm³/mol. The molecule has 2 aromatic heterocycles. The molecule has 0 bridgehead atoms. The van der Waals surface area contributed by atoms with Crippen molar-refractivity contribution in [2.75, 3.05) is 0 Å². The maximum Gasteiger partial charge on any atom is 0.110 e. The summed E-state index contributed by atoms with van der Waals surface area (Å²) in [6.07, 6.45) is 3.78. The molecule has 0 aliphatic carbocycles. The molecule has 62 valence electrons. The Morgan fingerprint density at radius 1 is 1.42 bits per heavy atom. The van der Waals surface area contributed by atoms with Crippen LogP contribution in [-0.2, 0) is 0 Å².